The Balaban J connectivity index is 1.66. The highest BCUT2D eigenvalue weighted by Gasteiger charge is 2.28. The number of benzene rings is 3. The second-order valence-electron chi connectivity index (χ2n) is 7.29. The first-order chi connectivity index (χ1) is 16.4. The number of hydrogen-bond acceptors (Lipinski definition) is 8. The maximum absolute atomic E-state index is 13.0. The zero-order chi connectivity index (χ0) is 24.1. The van der Waals surface area contributed by atoms with Gasteiger partial charge in [-0.05, 0) is 54.4 Å². The molecule has 1 amide bonds. The Kier molecular flexibility index (Phi) is 7.18. The second-order valence-corrected chi connectivity index (χ2v) is 10.0. The summed E-state index contributed by atoms with van der Waals surface area (Å²) in [5.74, 6) is 0.587. The molecule has 0 unspecified atom stereocenters. The monoisotopic (exact) mass is 497 g/mol. The third-order valence-electron chi connectivity index (χ3n) is 5.04. The van der Waals surface area contributed by atoms with Gasteiger partial charge in [0, 0.05) is 5.56 Å². The third-order valence-corrected chi connectivity index (χ3v) is 7.52. The van der Waals surface area contributed by atoms with Gasteiger partial charge in [-0.1, -0.05) is 49.0 Å². The summed E-state index contributed by atoms with van der Waals surface area (Å²) < 4.78 is 36.8. The molecule has 10 heteroatoms. The Morgan fingerprint density at radius 1 is 1.06 bits per heavy atom. The number of carbonyl (C=O) groups excluding carboxylic acids is 1. The number of carbonyl (C=O) groups is 1. The molecule has 4 rings (SSSR count). The highest BCUT2D eigenvalue weighted by molar-refractivity contribution is 8.15. The molecule has 3 aromatic rings. The fraction of sp³-hybridized carbons (Fsp3) is 0.208. The summed E-state index contributed by atoms with van der Waals surface area (Å²) in [5, 5.41) is 12.7. The molecule has 0 aliphatic carbocycles. The van der Waals surface area contributed by atoms with Crippen molar-refractivity contribution in [2.24, 2.45) is 10.2 Å². The van der Waals surface area contributed by atoms with Gasteiger partial charge < -0.3 is 14.2 Å². The van der Waals surface area contributed by atoms with Crippen molar-refractivity contribution in [1.82, 2.24) is 5.32 Å². The molecule has 34 heavy (non-hydrogen) atoms. The largest absolute Gasteiger partial charge is 0.494 e. The van der Waals surface area contributed by atoms with Crippen molar-refractivity contribution in [2.75, 3.05) is 6.61 Å². The van der Waals surface area contributed by atoms with E-state index in [1.54, 1.807) is 24.3 Å². The van der Waals surface area contributed by atoms with Gasteiger partial charge in [-0.25, -0.2) is 0 Å². The summed E-state index contributed by atoms with van der Waals surface area (Å²) >= 11 is 1.31. The molecule has 0 aromatic heterocycles. The number of hydrogen-bond donors (Lipinski definition) is 1. The van der Waals surface area contributed by atoms with Gasteiger partial charge in [0.2, 0.25) is 5.91 Å². The van der Waals surface area contributed by atoms with E-state index in [1.165, 1.54) is 30.1 Å². The van der Waals surface area contributed by atoms with Crippen LogP contribution < -0.4 is 14.2 Å². The van der Waals surface area contributed by atoms with E-state index in [2.05, 4.69) is 15.5 Å². The lowest BCUT2D eigenvalue weighted by atomic mass is 10.0. The molecule has 1 heterocycles. The molecule has 1 aliphatic rings. The highest BCUT2D eigenvalue weighted by Crippen LogP contribution is 2.30. The standard InChI is InChI=1S/C24H23N3O5S2/c1-3-22-23(28)26-24(33-22)27-25-15-20-19-8-6-5-7-16(19)9-14-21(20)32-34(29,30)18-12-10-17(11-13-18)31-4-2/h5-15,22H,3-4H2,1-2H3,(H,26,27,28)/t22-/m0/s1. The fourth-order valence-electron chi connectivity index (χ4n) is 3.38. The van der Waals surface area contributed by atoms with Crippen LogP contribution in [0.15, 0.2) is 75.8 Å². The van der Waals surface area contributed by atoms with Crippen LogP contribution in [0.2, 0.25) is 0 Å². The Morgan fingerprint density at radius 2 is 1.82 bits per heavy atom. The lowest BCUT2D eigenvalue weighted by Gasteiger charge is -2.12. The Labute approximate surface area is 202 Å². The minimum Gasteiger partial charge on any atom is -0.494 e. The molecule has 1 atom stereocenters. The molecule has 0 radical (unpaired) electrons. The number of nitrogens with zero attached hydrogens (tertiary/aromatic N) is 2. The van der Waals surface area contributed by atoms with Gasteiger partial charge in [0.15, 0.2) is 10.9 Å². The molecule has 0 spiro atoms. The quantitative estimate of drug-likeness (QED) is 0.282. The molecular formula is C24H23N3O5S2. The minimum atomic E-state index is -4.11. The number of amides is 1. The zero-order valence-corrected chi connectivity index (χ0v) is 20.2. The molecule has 1 fully saturated rings. The number of thioether (sulfide) groups is 1. The third kappa shape index (κ3) is 5.23. The van der Waals surface area contributed by atoms with E-state index in [1.807, 2.05) is 38.1 Å². The van der Waals surface area contributed by atoms with Crippen molar-refractivity contribution in [3.8, 4) is 11.5 Å². The van der Waals surface area contributed by atoms with Crippen LogP contribution in [0.5, 0.6) is 11.5 Å². The molecule has 8 nitrogen and oxygen atoms in total. The summed E-state index contributed by atoms with van der Waals surface area (Å²) in [5.41, 5.74) is 0.457. The Bertz CT molecular complexity index is 1370. The number of fused-ring (bicyclic) bond motifs is 1. The van der Waals surface area contributed by atoms with Gasteiger partial charge in [0.05, 0.1) is 18.1 Å². The molecule has 3 aromatic carbocycles. The van der Waals surface area contributed by atoms with Crippen LogP contribution in [0.25, 0.3) is 10.8 Å². The van der Waals surface area contributed by atoms with Gasteiger partial charge >= 0.3 is 10.1 Å². The summed E-state index contributed by atoms with van der Waals surface area (Å²) in [7, 11) is -4.11. The zero-order valence-electron chi connectivity index (χ0n) is 18.6. The van der Waals surface area contributed by atoms with Gasteiger partial charge in [0.25, 0.3) is 0 Å². The van der Waals surface area contributed by atoms with Gasteiger partial charge in [0.1, 0.15) is 10.6 Å². The highest BCUT2D eigenvalue weighted by atomic mass is 32.2. The predicted octanol–water partition coefficient (Wildman–Crippen LogP) is 4.34. The first-order valence-corrected chi connectivity index (χ1v) is 13.0. The van der Waals surface area contributed by atoms with Crippen molar-refractivity contribution in [3.63, 3.8) is 0 Å². The van der Waals surface area contributed by atoms with E-state index in [9.17, 15) is 13.2 Å². The number of ether oxygens (including phenoxy) is 1. The van der Waals surface area contributed by atoms with Crippen LogP contribution in [-0.4, -0.2) is 37.6 Å². The van der Waals surface area contributed by atoms with Crippen LogP contribution in [0, 0.1) is 0 Å². The van der Waals surface area contributed by atoms with Crippen LogP contribution in [0.1, 0.15) is 25.8 Å². The normalized spacial score (nSPS) is 17.4. The maximum atomic E-state index is 13.0. The van der Waals surface area contributed by atoms with E-state index in [4.69, 9.17) is 8.92 Å². The lowest BCUT2D eigenvalue weighted by molar-refractivity contribution is -0.118. The number of rotatable bonds is 8. The topological polar surface area (TPSA) is 106 Å². The number of nitrogens with one attached hydrogen (secondary N) is 1. The van der Waals surface area contributed by atoms with Crippen molar-refractivity contribution in [2.45, 2.75) is 30.4 Å². The molecule has 1 aliphatic heterocycles. The average Bonchev–Trinajstić information content (AvgIpc) is 3.20. The summed E-state index contributed by atoms with van der Waals surface area (Å²) in [4.78, 5) is 11.9. The Morgan fingerprint density at radius 3 is 2.53 bits per heavy atom. The number of amidine groups is 1. The first-order valence-electron chi connectivity index (χ1n) is 10.7. The summed E-state index contributed by atoms with van der Waals surface area (Å²) in [6.45, 7) is 4.25. The van der Waals surface area contributed by atoms with Crippen molar-refractivity contribution in [1.29, 1.82) is 0 Å². The average molecular weight is 498 g/mol. The Hall–Kier alpha value is -3.37. The van der Waals surface area contributed by atoms with Gasteiger partial charge in [-0.2, -0.15) is 13.5 Å². The van der Waals surface area contributed by atoms with E-state index in [0.717, 1.165) is 10.8 Å². The summed E-state index contributed by atoms with van der Waals surface area (Å²) in [6, 6.07) is 16.9. The molecule has 0 bridgehead atoms. The second kappa shape index (κ2) is 10.3. The van der Waals surface area contributed by atoms with Crippen LogP contribution in [0.4, 0.5) is 0 Å². The molecular weight excluding hydrogens is 474 g/mol. The van der Waals surface area contributed by atoms with E-state index < -0.39 is 10.1 Å². The van der Waals surface area contributed by atoms with E-state index in [0.29, 0.717) is 29.5 Å². The van der Waals surface area contributed by atoms with Crippen LogP contribution >= 0.6 is 11.8 Å². The maximum Gasteiger partial charge on any atom is 0.339 e. The fourth-order valence-corrected chi connectivity index (χ4v) is 5.18. The SMILES string of the molecule is CCOc1ccc(S(=O)(=O)Oc2ccc3ccccc3c2C=NN=C2NC(=O)[C@H](CC)S2)cc1. The lowest BCUT2D eigenvalue weighted by Crippen LogP contribution is -2.24. The van der Waals surface area contributed by atoms with Crippen molar-refractivity contribution < 1.29 is 22.1 Å². The van der Waals surface area contributed by atoms with E-state index in [-0.39, 0.29) is 21.8 Å². The minimum absolute atomic E-state index is 0.00270. The predicted molar refractivity (Wildman–Crippen MR) is 134 cm³/mol. The summed E-state index contributed by atoms with van der Waals surface area (Å²) in [6.07, 6.45) is 2.12. The molecule has 1 N–H and O–H groups in total. The first kappa shape index (κ1) is 23.8. The molecule has 0 saturated carbocycles. The van der Waals surface area contributed by atoms with Gasteiger partial charge in [-0.3, -0.25) is 4.79 Å². The molecule has 176 valence electrons. The van der Waals surface area contributed by atoms with Crippen LogP contribution in [0.3, 0.4) is 0 Å². The van der Waals surface area contributed by atoms with Crippen LogP contribution in [-0.2, 0) is 14.9 Å². The van der Waals surface area contributed by atoms with Crippen molar-refractivity contribution in [3.05, 3.63) is 66.2 Å². The molecule has 1 saturated heterocycles. The van der Waals surface area contributed by atoms with Gasteiger partial charge in [-0.15, -0.1) is 5.10 Å². The van der Waals surface area contributed by atoms with E-state index >= 15 is 0 Å². The van der Waals surface area contributed by atoms with Crippen molar-refractivity contribution >= 4 is 49.9 Å². The smallest absolute Gasteiger partial charge is 0.339 e.